The zero-order valence-corrected chi connectivity index (χ0v) is 21.5. The first-order valence-electron chi connectivity index (χ1n) is 12.0. The maximum atomic E-state index is 13.5. The molecular weight excluding hydrogens is 506 g/mol. The first kappa shape index (κ1) is 25.2. The second kappa shape index (κ2) is 10.9. The number of methoxy groups -OCH3 is 1. The summed E-state index contributed by atoms with van der Waals surface area (Å²) < 4.78 is 8.63. The van der Waals surface area contributed by atoms with Crippen molar-refractivity contribution in [2.45, 2.75) is 32.2 Å². The van der Waals surface area contributed by atoms with Gasteiger partial charge in [-0.2, -0.15) is 4.68 Å². The molecule has 0 aliphatic rings. The number of aromatic nitrogens is 7. The Morgan fingerprint density at radius 1 is 1.05 bits per heavy atom. The molecule has 0 amide bonds. The van der Waals surface area contributed by atoms with Crippen molar-refractivity contribution in [1.82, 2.24) is 34.7 Å². The number of ketones is 1. The van der Waals surface area contributed by atoms with E-state index in [1.54, 1.807) is 36.8 Å². The Morgan fingerprint density at radius 3 is 2.61 bits per heavy atom. The van der Waals surface area contributed by atoms with E-state index in [4.69, 9.17) is 16.3 Å². The van der Waals surface area contributed by atoms with Gasteiger partial charge in [-0.15, -0.1) is 5.10 Å². The van der Waals surface area contributed by atoms with E-state index < -0.39 is 6.04 Å². The Hall–Kier alpha value is -4.44. The van der Waals surface area contributed by atoms with Gasteiger partial charge in [0.2, 0.25) is 0 Å². The van der Waals surface area contributed by atoms with Gasteiger partial charge in [0.25, 0.3) is 5.56 Å². The van der Waals surface area contributed by atoms with Crippen LogP contribution in [0.4, 0.5) is 0 Å². The van der Waals surface area contributed by atoms with E-state index in [0.717, 1.165) is 11.1 Å². The van der Waals surface area contributed by atoms with E-state index in [0.29, 0.717) is 45.9 Å². The molecule has 0 saturated heterocycles. The van der Waals surface area contributed by atoms with Gasteiger partial charge < -0.3 is 9.30 Å². The average Bonchev–Trinajstić information content (AvgIpc) is 3.46. The number of hydrogen-bond donors (Lipinski definition) is 0. The van der Waals surface area contributed by atoms with Gasteiger partial charge in [-0.1, -0.05) is 31.0 Å². The summed E-state index contributed by atoms with van der Waals surface area (Å²) in [6.07, 6.45) is 7.66. The summed E-state index contributed by atoms with van der Waals surface area (Å²) in [6.45, 7) is 1.98. The molecule has 38 heavy (non-hydrogen) atoms. The highest BCUT2D eigenvalue weighted by Crippen LogP contribution is 2.35. The van der Waals surface area contributed by atoms with Gasteiger partial charge in [-0.25, -0.2) is 0 Å². The number of Topliss-reactive ketones (excluding diaryl/α,β-unsaturated/α-hetero) is 1. The van der Waals surface area contributed by atoms with Crippen LogP contribution in [-0.2, 0) is 11.2 Å². The standard InChI is InChI=1S/C27H24ClN7O3/c1-3-4-24(25(36)12-17-5-7-21-22(11-17)30-10-9-29-21)34-15-26(38-2)20(14-27(34)37)19-13-18(28)6-8-23(19)35-16-31-32-33-35/h5-11,13-16,24H,3-4,12H2,1-2H3/t24-/m0/s1. The van der Waals surface area contributed by atoms with Crippen molar-refractivity contribution in [3.63, 3.8) is 0 Å². The highest BCUT2D eigenvalue weighted by Gasteiger charge is 2.24. The fourth-order valence-electron chi connectivity index (χ4n) is 4.51. The van der Waals surface area contributed by atoms with Crippen LogP contribution in [0, 0.1) is 0 Å². The molecule has 0 spiro atoms. The minimum absolute atomic E-state index is 0.0795. The first-order chi connectivity index (χ1) is 18.5. The fourth-order valence-corrected chi connectivity index (χ4v) is 4.68. The topological polar surface area (TPSA) is 118 Å². The second-order valence-electron chi connectivity index (χ2n) is 8.74. The lowest BCUT2D eigenvalue weighted by atomic mass is 9.98. The largest absolute Gasteiger partial charge is 0.495 e. The van der Waals surface area contributed by atoms with Crippen LogP contribution in [0.5, 0.6) is 5.75 Å². The molecule has 0 bridgehead atoms. The molecule has 0 saturated carbocycles. The quantitative estimate of drug-likeness (QED) is 0.278. The van der Waals surface area contributed by atoms with Crippen molar-refractivity contribution in [1.29, 1.82) is 0 Å². The van der Waals surface area contributed by atoms with Gasteiger partial charge in [0, 0.05) is 41.0 Å². The van der Waals surface area contributed by atoms with Crippen LogP contribution in [-0.4, -0.2) is 47.6 Å². The lowest BCUT2D eigenvalue weighted by molar-refractivity contribution is -0.121. The average molecular weight is 530 g/mol. The molecule has 5 aromatic rings. The number of carbonyl (C=O) groups excluding carboxylic acids is 1. The summed E-state index contributed by atoms with van der Waals surface area (Å²) in [5, 5.41) is 11.8. The van der Waals surface area contributed by atoms with Gasteiger partial charge in [-0.3, -0.25) is 19.6 Å². The van der Waals surface area contributed by atoms with Gasteiger partial charge in [0.15, 0.2) is 5.78 Å². The Balaban J connectivity index is 1.53. The number of hydrogen-bond acceptors (Lipinski definition) is 8. The minimum Gasteiger partial charge on any atom is -0.495 e. The van der Waals surface area contributed by atoms with E-state index in [1.807, 2.05) is 25.1 Å². The van der Waals surface area contributed by atoms with E-state index in [9.17, 15) is 9.59 Å². The minimum atomic E-state index is -0.661. The molecule has 192 valence electrons. The van der Waals surface area contributed by atoms with Crippen molar-refractivity contribution in [3.05, 3.63) is 88.3 Å². The number of carbonyl (C=O) groups is 1. The Bertz CT molecular complexity index is 1670. The molecule has 0 unspecified atom stereocenters. The molecule has 10 nitrogen and oxygen atoms in total. The maximum Gasteiger partial charge on any atom is 0.252 e. The molecule has 0 radical (unpaired) electrons. The predicted octanol–water partition coefficient (Wildman–Crippen LogP) is 4.25. The van der Waals surface area contributed by atoms with E-state index in [1.165, 1.54) is 28.8 Å². The third-order valence-electron chi connectivity index (χ3n) is 6.29. The van der Waals surface area contributed by atoms with Crippen LogP contribution in [0.3, 0.4) is 0 Å². The maximum absolute atomic E-state index is 13.5. The summed E-state index contributed by atoms with van der Waals surface area (Å²) in [7, 11) is 1.52. The van der Waals surface area contributed by atoms with Crippen molar-refractivity contribution in [2.75, 3.05) is 7.11 Å². The normalized spacial score (nSPS) is 12.0. The summed E-state index contributed by atoms with van der Waals surface area (Å²) >= 11 is 6.30. The number of tetrazole rings is 1. The molecule has 0 fully saturated rings. The molecule has 0 aliphatic heterocycles. The molecule has 2 aromatic carbocycles. The smallest absolute Gasteiger partial charge is 0.252 e. The summed E-state index contributed by atoms with van der Waals surface area (Å²) in [5.74, 6) is 0.334. The number of nitrogens with zero attached hydrogens (tertiary/aromatic N) is 7. The lowest BCUT2D eigenvalue weighted by Gasteiger charge is -2.21. The van der Waals surface area contributed by atoms with Crippen LogP contribution in [0.2, 0.25) is 5.02 Å². The highest BCUT2D eigenvalue weighted by molar-refractivity contribution is 6.31. The summed E-state index contributed by atoms with van der Waals surface area (Å²) in [4.78, 5) is 35.6. The molecule has 0 aliphatic carbocycles. The van der Waals surface area contributed by atoms with Gasteiger partial charge in [0.05, 0.1) is 36.1 Å². The van der Waals surface area contributed by atoms with Crippen LogP contribution >= 0.6 is 11.6 Å². The third-order valence-corrected chi connectivity index (χ3v) is 6.53. The molecular formula is C27H24ClN7O3. The predicted molar refractivity (Wildman–Crippen MR) is 143 cm³/mol. The van der Waals surface area contributed by atoms with E-state index in [2.05, 4.69) is 25.5 Å². The van der Waals surface area contributed by atoms with Crippen LogP contribution in [0.1, 0.15) is 31.4 Å². The third kappa shape index (κ3) is 5.03. The molecule has 5 rings (SSSR count). The Morgan fingerprint density at radius 2 is 1.87 bits per heavy atom. The number of halogens is 1. The number of ether oxygens (including phenoxy) is 1. The first-order valence-corrected chi connectivity index (χ1v) is 12.4. The molecule has 1 atom stereocenters. The number of pyridine rings is 1. The SMILES string of the molecule is CCC[C@@H](C(=O)Cc1ccc2nccnc2c1)n1cc(OC)c(-c2cc(Cl)ccc2-n2cnnn2)cc1=O. The van der Waals surface area contributed by atoms with E-state index in [-0.39, 0.29) is 17.8 Å². The lowest BCUT2D eigenvalue weighted by Crippen LogP contribution is -2.30. The number of fused-ring (bicyclic) bond motifs is 1. The van der Waals surface area contributed by atoms with Gasteiger partial charge >= 0.3 is 0 Å². The monoisotopic (exact) mass is 529 g/mol. The van der Waals surface area contributed by atoms with Gasteiger partial charge in [-0.05, 0) is 52.7 Å². The molecule has 3 heterocycles. The van der Waals surface area contributed by atoms with Crippen LogP contribution in [0.15, 0.2) is 72.2 Å². The Kier molecular flexibility index (Phi) is 7.23. The highest BCUT2D eigenvalue weighted by atomic mass is 35.5. The Labute approximate surface area is 222 Å². The zero-order valence-electron chi connectivity index (χ0n) is 20.8. The summed E-state index contributed by atoms with van der Waals surface area (Å²) in [6, 6.07) is 11.6. The number of rotatable bonds is 9. The van der Waals surface area contributed by atoms with Crippen LogP contribution in [0.25, 0.3) is 27.8 Å². The zero-order chi connectivity index (χ0) is 26.6. The van der Waals surface area contributed by atoms with Crippen LogP contribution < -0.4 is 10.3 Å². The molecule has 0 N–H and O–H groups in total. The molecule has 11 heteroatoms. The second-order valence-corrected chi connectivity index (χ2v) is 9.18. The van der Waals surface area contributed by atoms with Crippen molar-refractivity contribution in [3.8, 4) is 22.6 Å². The van der Waals surface area contributed by atoms with Crippen molar-refractivity contribution >= 4 is 28.4 Å². The van der Waals surface area contributed by atoms with Gasteiger partial charge in [0.1, 0.15) is 12.1 Å². The summed E-state index contributed by atoms with van der Waals surface area (Å²) in [5.41, 5.74) is 3.69. The number of benzene rings is 2. The van der Waals surface area contributed by atoms with Crippen molar-refractivity contribution < 1.29 is 9.53 Å². The van der Waals surface area contributed by atoms with Crippen molar-refractivity contribution in [2.24, 2.45) is 0 Å². The van der Waals surface area contributed by atoms with E-state index >= 15 is 0 Å². The molecule has 3 aromatic heterocycles. The fraction of sp³-hybridized carbons (Fsp3) is 0.222.